The zero-order valence-electron chi connectivity index (χ0n) is 12.5. The molecular weight excluding hydrogens is 270 g/mol. The lowest BCUT2D eigenvalue weighted by Gasteiger charge is -2.29. The number of hydrogen-bond acceptors (Lipinski definition) is 4. The molecule has 0 aliphatic carbocycles. The number of rotatable bonds is 5. The first kappa shape index (κ1) is 15.5. The van der Waals surface area contributed by atoms with Gasteiger partial charge >= 0.3 is 5.97 Å². The van der Waals surface area contributed by atoms with Gasteiger partial charge in [-0.1, -0.05) is 6.92 Å². The van der Waals surface area contributed by atoms with Crippen LogP contribution in [0.2, 0.25) is 0 Å². The smallest absolute Gasteiger partial charge is 0.339 e. The maximum atomic E-state index is 12.3. The molecule has 1 N–H and O–H groups in total. The number of carboxylic acid groups (broad SMARTS) is 1. The van der Waals surface area contributed by atoms with E-state index in [-0.39, 0.29) is 17.1 Å². The number of ketones is 1. The molecule has 0 amide bonds. The Kier molecular flexibility index (Phi) is 4.96. The second kappa shape index (κ2) is 6.72. The van der Waals surface area contributed by atoms with Crippen LogP contribution in [0.15, 0.2) is 18.2 Å². The largest absolute Gasteiger partial charge is 0.496 e. The number of benzene rings is 1. The molecule has 0 bridgehead atoms. The maximum absolute atomic E-state index is 12.3. The first-order valence-corrected chi connectivity index (χ1v) is 7.18. The zero-order chi connectivity index (χ0) is 15.4. The van der Waals surface area contributed by atoms with Crippen molar-refractivity contribution in [1.82, 2.24) is 4.90 Å². The summed E-state index contributed by atoms with van der Waals surface area (Å²) in [7, 11) is 1.41. The molecule has 0 aromatic heterocycles. The highest BCUT2D eigenvalue weighted by atomic mass is 16.5. The van der Waals surface area contributed by atoms with Crippen LogP contribution >= 0.6 is 0 Å². The van der Waals surface area contributed by atoms with Crippen molar-refractivity contribution in [3.63, 3.8) is 0 Å². The minimum Gasteiger partial charge on any atom is -0.496 e. The average Bonchev–Trinajstić information content (AvgIpc) is 2.48. The Morgan fingerprint density at radius 3 is 2.57 bits per heavy atom. The Morgan fingerprint density at radius 2 is 2.00 bits per heavy atom. The Balaban J connectivity index is 2.09. The molecule has 1 fully saturated rings. The van der Waals surface area contributed by atoms with Gasteiger partial charge in [0, 0.05) is 5.56 Å². The lowest BCUT2D eigenvalue weighted by Crippen LogP contribution is -2.36. The van der Waals surface area contributed by atoms with E-state index in [1.807, 2.05) is 0 Å². The Bertz CT molecular complexity index is 533. The van der Waals surface area contributed by atoms with Crippen LogP contribution in [0.3, 0.4) is 0 Å². The molecule has 21 heavy (non-hydrogen) atoms. The minimum absolute atomic E-state index is 0.0237. The quantitative estimate of drug-likeness (QED) is 0.843. The first-order valence-electron chi connectivity index (χ1n) is 7.18. The summed E-state index contributed by atoms with van der Waals surface area (Å²) in [4.78, 5) is 25.6. The Morgan fingerprint density at radius 1 is 1.33 bits per heavy atom. The van der Waals surface area contributed by atoms with Gasteiger partial charge in [0.2, 0.25) is 0 Å². The lowest BCUT2D eigenvalue weighted by molar-refractivity contribution is 0.0693. The van der Waals surface area contributed by atoms with Gasteiger partial charge in [-0.15, -0.1) is 0 Å². The van der Waals surface area contributed by atoms with Crippen LogP contribution in [0.25, 0.3) is 0 Å². The standard InChI is InChI=1S/C16H21NO4/c1-11-5-7-17(8-6-11)10-14(18)12-3-4-15(21-2)13(9-12)16(19)20/h3-4,9,11H,5-8,10H2,1-2H3,(H,19,20). The number of ether oxygens (including phenoxy) is 1. The third-order valence-corrected chi connectivity index (χ3v) is 4.00. The van der Waals surface area contributed by atoms with Crippen LogP contribution in [0.1, 0.15) is 40.5 Å². The van der Waals surface area contributed by atoms with Gasteiger partial charge in [0.1, 0.15) is 11.3 Å². The highest BCUT2D eigenvalue weighted by Gasteiger charge is 2.20. The molecule has 0 radical (unpaired) electrons. The molecule has 1 aromatic rings. The molecule has 1 aliphatic heterocycles. The van der Waals surface area contributed by atoms with Gasteiger partial charge in [0.05, 0.1) is 13.7 Å². The highest BCUT2D eigenvalue weighted by molar-refractivity contribution is 6.01. The fourth-order valence-electron chi connectivity index (χ4n) is 2.56. The van der Waals surface area contributed by atoms with Crippen molar-refractivity contribution in [2.24, 2.45) is 5.92 Å². The van der Waals surface area contributed by atoms with Crippen molar-refractivity contribution in [2.45, 2.75) is 19.8 Å². The molecule has 1 aliphatic rings. The van der Waals surface area contributed by atoms with Gasteiger partial charge < -0.3 is 9.84 Å². The number of nitrogens with zero attached hydrogens (tertiary/aromatic N) is 1. The van der Waals surface area contributed by atoms with E-state index >= 15 is 0 Å². The SMILES string of the molecule is COc1ccc(C(=O)CN2CCC(C)CC2)cc1C(=O)O. The fraction of sp³-hybridized carbons (Fsp3) is 0.500. The topological polar surface area (TPSA) is 66.8 Å². The van der Waals surface area contributed by atoms with Gasteiger partial charge in [0.15, 0.2) is 5.78 Å². The molecule has 5 nitrogen and oxygen atoms in total. The number of piperidine rings is 1. The van der Waals surface area contributed by atoms with Crippen molar-refractivity contribution in [3.8, 4) is 5.75 Å². The molecule has 1 heterocycles. The summed E-state index contributed by atoms with van der Waals surface area (Å²) in [5, 5.41) is 9.15. The summed E-state index contributed by atoms with van der Waals surface area (Å²) in [6.07, 6.45) is 2.21. The van der Waals surface area contributed by atoms with Crippen LogP contribution in [0.4, 0.5) is 0 Å². The molecule has 2 rings (SSSR count). The minimum atomic E-state index is -1.09. The van der Waals surface area contributed by atoms with Crippen LogP contribution in [0, 0.1) is 5.92 Å². The molecule has 5 heteroatoms. The van der Waals surface area contributed by atoms with Gasteiger partial charge in [-0.2, -0.15) is 0 Å². The second-order valence-corrected chi connectivity index (χ2v) is 5.60. The summed E-state index contributed by atoms with van der Waals surface area (Å²) in [6, 6.07) is 4.56. The maximum Gasteiger partial charge on any atom is 0.339 e. The van der Waals surface area contributed by atoms with Crippen molar-refractivity contribution < 1.29 is 19.4 Å². The number of carboxylic acids is 1. The van der Waals surface area contributed by atoms with E-state index in [0.717, 1.165) is 31.8 Å². The van der Waals surface area contributed by atoms with Gasteiger partial charge in [-0.05, 0) is 50.0 Å². The predicted octanol–water partition coefficient (Wildman–Crippen LogP) is 2.31. The molecule has 114 valence electrons. The molecule has 0 saturated carbocycles. The summed E-state index contributed by atoms with van der Waals surface area (Å²) in [6.45, 7) is 4.42. The Hall–Kier alpha value is -1.88. The number of aromatic carboxylic acids is 1. The van der Waals surface area contributed by atoms with Gasteiger partial charge in [-0.25, -0.2) is 4.79 Å². The molecule has 1 aromatic carbocycles. The average molecular weight is 291 g/mol. The van der Waals surface area contributed by atoms with Crippen LogP contribution in [0.5, 0.6) is 5.75 Å². The van der Waals surface area contributed by atoms with Crippen molar-refractivity contribution >= 4 is 11.8 Å². The molecular formula is C16H21NO4. The monoisotopic (exact) mass is 291 g/mol. The van der Waals surface area contributed by atoms with Gasteiger partial charge in [0.25, 0.3) is 0 Å². The van der Waals surface area contributed by atoms with Crippen LogP contribution in [-0.4, -0.2) is 48.5 Å². The van der Waals surface area contributed by atoms with Crippen molar-refractivity contribution in [2.75, 3.05) is 26.7 Å². The zero-order valence-corrected chi connectivity index (χ0v) is 12.5. The summed E-state index contributed by atoms with van der Waals surface area (Å²) in [5.74, 6) is -0.148. The van der Waals surface area contributed by atoms with E-state index in [1.54, 1.807) is 6.07 Å². The van der Waals surface area contributed by atoms with E-state index in [0.29, 0.717) is 12.1 Å². The van der Waals surface area contributed by atoms with Crippen molar-refractivity contribution in [3.05, 3.63) is 29.3 Å². The van der Waals surface area contributed by atoms with E-state index in [2.05, 4.69) is 11.8 Å². The Labute approximate surface area is 124 Å². The van der Waals surface area contributed by atoms with E-state index < -0.39 is 5.97 Å². The number of methoxy groups -OCH3 is 1. The fourth-order valence-corrected chi connectivity index (χ4v) is 2.56. The third-order valence-electron chi connectivity index (χ3n) is 4.00. The summed E-state index contributed by atoms with van der Waals surface area (Å²) < 4.78 is 5.00. The molecule has 0 unspecified atom stereocenters. The van der Waals surface area contributed by atoms with Gasteiger partial charge in [-0.3, -0.25) is 9.69 Å². The highest BCUT2D eigenvalue weighted by Crippen LogP contribution is 2.21. The number of carbonyl (C=O) groups is 2. The first-order chi connectivity index (χ1) is 10.0. The van der Waals surface area contributed by atoms with Crippen molar-refractivity contribution in [1.29, 1.82) is 0 Å². The second-order valence-electron chi connectivity index (χ2n) is 5.60. The predicted molar refractivity (Wildman–Crippen MR) is 79.1 cm³/mol. The molecule has 0 atom stereocenters. The molecule has 0 spiro atoms. The van der Waals surface area contributed by atoms with Crippen LogP contribution < -0.4 is 4.74 Å². The van der Waals surface area contributed by atoms with Crippen LogP contribution in [-0.2, 0) is 0 Å². The molecule has 1 saturated heterocycles. The van der Waals surface area contributed by atoms with E-state index in [1.165, 1.54) is 19.2 Å². The lowest BCUT2D eigenvalue weighted by atomic mass is 9.98. The number of Topliss-reactive ketones (excluding diaryl/α,β-unsaturated/α-hetero) is 1. The summed E-state index contributed by atoms with van der Waals surface area (Å²) >= 11 is 0. The van der Waals surface area contributed by atoms with E-state index in [4.69, 9.17) is 9.84 Å². The number of likely N-dealkylation sites (tertiary alicyclic amines) is 1. The third kappa shape index (κ3) is 3.82. The van der Waals surface area contributed by atoms with E-state index in [9.17, 15) is 9.59 Å². The summed E-state index contributed by atoms with van der Waals surface area (Å²) in [5.41, 5.74) is 0.447. The normalized spacial score (nSPS) is 16.7. The number of hydrogen-bond donors (Lipinski definition) is 1. The number of carbonyl (C=O) groups excluding carboxylic acids is 1.